The van der Waals surface area contributed by atoms with Crippen LogP contribution in [-0.4, -0.2) is 75.9 Å². The van der Waals surface area contributed by atoms with Crippen LogP contribution in [0.3, 0.4) is 0 Å². The summed E-state index contributed by atoms with van der Waals surface area (Å²) in [6.45, 7) is 5.96. The Hall–Kier alpha value is -1.15. The Bertz CT molecular complexity index is 447. The van der Waals surface area contributed by atoms with Gasteiger partial charge in [-0.15, -0.1) is 0 Å². The first-order chi connectivity index (χ1) is 11.2. The first kappa shape index (κ1) is 18.2. The number of nitrogens with one attached hydrogen (secondary N) is 2. The fraction of sp³-hybridized carbons (Fsp3) is 0.688. The molecule has 2 amide bonds. The van der Waals surface area contributed by atoms with Crippen LogP contribution in [0.5, 0.6) is 0 Å². The second-order valence-electron chi connectivity index (χ2n) is 5.98. The lowest BCUT2D eigenvalue weighted by molar-refractivity contribution is 0.0375. The van der Waals surface area contributed by atoms with E-state index in [1.165, 1.54) is 5.56 Å². The zero-order valence-corrected chi connectivity index (χ0v) is 14.9. The molecule has 0 aliphatic carbocycles. The van der Waals surface area contributed by atoms with Crippen molar-refractivity contribution in [1.82, 2.24) is 20.4 Å². The van der Waals surface area contributed by atoms with E-state index in [2.05, 4.69) is 37.3 Å². The molecule has 1 aromatic rings. The van der Waals surface area contributed by atoms with Crippen LogP contribution in [0.2, 0.25) is 0 Å². The van der Waals surface area contributed by atoms with Crippen LogP contribution in [0.15, 0.2) is 16.8 Å². The molecule has 1 atom stereocenters. The molecule has 1 saturated heterocycles. The number of ether oxygens (including phenoxy) is 1. The smallest absolute Gasteiger partial charge is 0.314 e. The van der Waals surface area contributed by atoms with Crippen molar-refractivity contribution < 1.29 is 9.53 Å². The third kappa shape index (κ3) is 6.47. The molecule has 7 heteroatoms. The van der Waals surface area contributed by atoms with Crippen LogP contribution in [0, 0.1) is 0 Å². The van der Waals surface area contributed by atoms with Crippen LogP contribution >= 0.6 is 11.3 Å². The second kappa shape index (κ2) is 9.87. The summed E-state index contributed by atoms with van der Waals surface area (Å²) < 4.78 is 5.32. The highest BCUT2D eigenvalue weighted by atomic mass is 32.1. The molecule has 0 saturated carbocycles. The van der Waals surface area contributed by atoms with Crippen molar-refractivity contribution in [1.29, 1.82) is 0 Å². The average molecular weight is 340 g/mol. The minimum absolute atomic E-state index is 0.0888. The predicted octanol–water partition coefficient (Wildman–Crippen LogP) is 1.37. The summed E-state index contributed by atoms with van der Waals surface area (Å²) in [4.78, 5) is 16.4. The Morgan fingerprint density at radius 3 is 2.83 bits per heavy atom. The zero-order valence-electron chi connectivity index (χ0n) is 14.1. The number of hydrogen-bond donors (Lipinski definition) is 2. The molecule has 1 aliphatic heterocycles. The highest BCUT2D eigenvalue weighted by Gasteiger charge is 2.15. The van der Waals surface area contributed by atoms with Gasteiger partial charge in [-0.3, -0.25) is 4.90 Å². The number of rotatable bonds is 8. The van der Waals surface area contributed by atoms with Gasteiger partial charge in [0.1, 0.15) is 0 Å². The van der Waals surface area contributed by atoms with E-state index < -0.39 is 0 Å². The Labute approximate surface area is 142 Å². The number of urea groups is 1. The summed E-state index contributed by atoms with van der Waals surface area (Å²) >= 11 is 1.68. The molecule has 2 heterocycles. The Kier molecular flexibility index (Phi) is 7.81. The SMILES string of the molecule is CN(C)C(CNC(=O)NCCCN1CCOCC1)c1ccsc1. The molecule has 1 aromatic heterocycles. The van der Waals surface area contributed by atoms with Crippen molar-refractivity contribution in [2.24, 2.45) is 0 Å². The molecule has 130 valence electrons. The number of carbonyl (C=O) groups excluding carboxylic acids is 1. The summed E-state index contributed by atoms with van der Waals surface area (Å²) in [6.07, 6.45) is 0.967. The lowest BCUT2D eigenvalue weighted by atomic mass is 10.1. The lowest BCUT2D eigenvalue weighted by Crippen LogP contribution is -2.42. The van der Waals surface area contributed by atoms with Gasteiger partial charge in [0, 0.05) is 26.2 Å². The summed E-state index contributed by atoms with van der Waals surface area (Å²) in [6, 6.07) is 2.23. The molecule has 2 rings (SSSR count). The number of nitrogens with zero attached hydrogens (tertiary/aromatic N) is 2. The Balaban J connectivity index is 1.60. The maximum absolute atomic E-state index is 11.9. The maximum Gasteiger partial charge on any atom is 0.314 e. The summed E-state index contributed by atoms with van der Waals surface area (Å²) in [7, 11) is 4.06. The molecule has 1 aliphatic rings. The molecule has 0 aromatic carbocycles. The van der Waals surface area contributed by atoms with Crippen molar-refractivity contribution in [3.63, 3.8) is 0 Å². The normalized spacial score (nSPS) is 17.2. The molecule has 0 radical (unpaired) electrons. The van der Waals surface area contributed by atoms with Crippen molar-refractivity contribution in [3.05, 3.63) is 22.4 Å². The summed E-state index contributed by atoms with van der Waals surface area (Å²) in [5.41, 5.74) is 1.24. The van der Waals surface area contributed by atoms with Gasteiger partial charge in [-0.25, -0.2) is 4.79 Å². The highest BCUT2D eigenvalue weighted by Crippen LogP contribution is 2.19. The van der Waals surface area contributed by atoms with Gasteiger partial charge in [0.2, 0.25) is 0 Å². The second-order valence-corrected chi connectivity index (χ2v) is 6.76. The fourth-order valence-corrected chi connectivity index (χ4v) is 3.35. The van der Waals surface area contributed by atoms with E-state index in [9.17, 15) is 4.79 Å². The molecule has 0 bridgehead atoms. The van der Waals surface area contributed by atoms with Crippen LogP contribution in [0.1, 0.15) is 18.0 Å². The van der Waals surface area contributed by atoms with Gasteiger partial charge in [0.25, 0.3) is 0 Å². The standard InChI is InChI=1S/C16H28N4O2S/c1-19(2)15(14-4-11-23-13-14)12-18-16(21)17-5-3-6-20-7-9-22-10-8-20/h4,11,13,15H,3,5-10,12H2,1-2H3,(H2,17,18,21). The highest BCUT2D eigenvalue weighted by molar-refractivity contribution is 7.07. The molecule has 1 unspecified atom stereocenters. The van der Waals surface area contributed by atoms with Gasteiger partial charge in [0.15, 0.2) is 0 Å². The molecular formula is C16H28N4O2S. The molecule has 0 spiro atoms. The summed E-state index contributed by atoms with van der Waals surface area (Å²) in [5, 5.41) is 10.1. The molecule has 1 fully saturated rings. The number of carbonyl (C=O) groups is 1. The number of likely N-dealkylation sites (N-methyl/N-ethyl adjacent to an activating group) is 1. The Morgan fingerprint density at radius 1 is 1.39 bits per heavy atom. The average Bonchev–Trinajstić information content (AvgIpc) is 3.06. The largest absolute Gasteiger partial charge is 0.379 e. The quantitative estimate of drug-likeness (QED) is 0.702. The van der Waals surface area contributed by atoms with Gasteiger partial charge in [0.05, 0.1) is 19.3 Å². The number of morpholine rings is 1. The van der Waals surface area contributed by atoms with E-state index >= 15 is 0 Å². The van der Waals surface area contributed by atoms with Crippen LogP contribution < -0.4 is 10.6 Å². The van der Waals surface area contributed by atoms with Crippen LogP contribution in [0.4, 0.5) is 4.79 Å². The topological polar surface area (TPSA) is 56.8 Å². The first-order valence-electron chi connectivity index (χ1n) is 8.17. The maximum atomic E-state index is 11.9. The van der Waals surface area contributed by atoms with E-state index in [1.807, 2.05) is 14.1 Å². The third-order valence-electron chi connectivity index (χ3n) is 4.05. The monoisotopic (exact) mass is 340 g/mol. The van der Waals surface area contributed by atoms with Crippen molar-refractivity contribution in [2.45, 2.75) is 12.5 Å². The minimum Gasteiger partial charge on any atom is -0.379 e. The van der Waals surface area contributed by atoms with E-state index in [-0.39, 0.29) is 12.1 Å². The van der Waals surface area contributed by atoms with Crippen LogP contribution in [0.25, 0.3) is 0 Å². The molecule has 2 N–H and O–H groups in total. The predicted molar refractivity (Wildman–Crippen MR) is 94.0 cm³/mol. The van der Waals surface area contributed by atoms with Gasteiger partial charge in [-0.05, 0) is 49.5 Å². The number of hydrogen-bond acceptors (Lipinski definition) is 5. The van der Waals surface area contributed by atoms with Crippen molar-refractivity contribution in [3.8, 4) is 0 Å². The molecule has 23 heavy (non-hydrogen) atoms. The van der Waals surface area contributed by atoms with E-state index in [4.69, 9.17) is 4.74 Å². The van der Waals surface area contributed by atoms with Gasteiger partial charge < -0.3 is 20.3 Å². The van der Waals surface area contributed by atoms with E-state index in [0.717, 1.165) is 39.3 Å². The van der Waals surface area contributed by atoms with Gasteiger partial charge in [-0.1, -0.05) is 0 Å². The van der Waals surface area contributed by atoms with E-state index in [0.29, 0.717) is 13.1 Å². The Morgan fingerprint density at radius 2 is 2.17 bits per heavy atom. The zero-order chi connectivity index (χ0) is 16.5. The lowest BCUT2D eigenvalue weighted by Gasteiger charge is -2.26. The molecule has 6 nitrogen and oxygen atoms in total. The van der Waals surface area contributed by atoms with Gasteiger partial charge >= 0.3 is 6.03 Å². The van der Waals surface area contributed by atoms with Crippen molar-refractivity contribution >= 4 is 17.4 Å². The van der Waals surface area contributed by atoms with Crippen molar-refractivity contribution in [2.75, 3.05) is 60.0 Å². The number of amides is 2. The fourth-order valence-electron chi connectivity index (χ4n) is 2.64. The number of thiophene rings is 1. The van der Waals surface area contributed by atoms with E-state index in [1.54, 1.807) is 11.3 Å². The minimum atomic E-state index is -0.0888. The first-order valence-corrected chi connectivity index (χ1v) is 9.11. The molecular weight excluding hydrogens is 312 g/mol. The summed E-state index contributed by atoms with van der Waals surface area (Å²) in [5.74, 6) is 0. The van der Waals surface area contributed by atoms with Gasteiger partial charge in [-0.2, -0.15) is 11.3 Å². The van der Waals surface area contributed by atoms with Crippen LogP contribution in [-0.2, 0) is 4.74 Å². The third-order valence-corrected chi connectivity index (χ3v) is 4.75.